The van der Waals surface area contributed by atoms with Gasteiger partial charge in [0.1, 0.15) is 6.07 Å². The second-order valence-corrected chi connectivity index (χ2v) is 5.26. The number of para-hydroxylation sites is 1. The molecule has 3 heteroatoms. The molecule has 1 atom stereocenters. The zero-order valence-corrected chi connectivity index (χ0v) is 10.8. The largest absolute Gasteiger partial charge is 0.364 e. The maximum atomic E-state index is 9.28. The van der Waals surface area contributed by atoms with Crippen LogP contribution in [0.1, 0.15) is 32.3 Å². The van der Waals surface area contributed by atoms with Gasteiger partial charge in [0.25, 0.3) is 0 Å². The zero-order valence-electron chi connectivity index (χ0n) is 10.8. The van der Waals surface area contributed by atoms with Crippen LogP contribution < -0.4 is 4.90 Å². The Morgan fingerprint density at radius 3 is 2.67 bits per heavy atom. The van der Waals surface area contributed by atoms with Crippen LogP contribution in [0.15, 0.2) is 24.3 Å². The summed E-state index contributed by atoms with van der Waals surface area (Å²) in [5.41, 5.74) is 1.41. The van der Waals surface area contributed by atoms with Crippen LogP contribution in [0.3, 0.4) is 0 Å². The molecule has 1 aliphatic rings. The van der Waals surface area contributed by atoms with Gasteiger partial charge in [-0.3, -0.25) is 0 Å². The normalized spacial score (nSPS) is 22.0. The zero-order chi connectivity index (χ0) is 13.2. The van der Waals surface area contributed by atoms with Crippen LogP contribution in [0.25, 0.3) is 0 Å². The van der Waals surface area contributed by atoms with Gasteiger partial charge in [0.05, 0.1) is 28.8 Å². The van der Waals surface area contributed by atoms with E-state index in [-0.39, 0.29) is 11.5 Å². The number of piperidine rings is 1. The molecule has 0 aromatic heterocycles. The Bertz CT molecular complexity index is 519. The van der Waals surface area contributed by atoms with Crippen molar-refractivity contribution in [2.24, 2.45) is 5.92 Å². The van der Waals surface area contributed by atoms with Gasteiger partial charge in [-0.2, -0.15) is 10.5 Å². The third kappa shape index (κ3) is 1.93. The summed E-state index contributed by atoms with van der Waals surface area (Å²) in [5, 5.41) is 18.5. The van der Waals surface area contributed by atoms with Gasteiger partial charge in [0, 0.05) is 6.54 Å². The first kappa shape index (κ1) is 12.5. The van der Waals surface area contributed by atoms with E-state index in [1.807, 2.05) is 24.3 Å². The first-order valence-electron chi connectivity index (χ1n) is 6.27. The van der Waals surface area contributed by atoms with Crippen molar-refractivity contribution >= 4 is 5.69 Å². The molecular weight excluding hydrogens is 222 g/mol. The lowest BCUT2D eigenvalue weighted by atomic mass is 9.79. The molecule has 2 rings (SSSR count). The molecule has 1 heterocycles. The number of hydrogen-bond acceptors (Lipinski definition) is 3. The Morgan fingerprint density at radius 2 is 2.00 bits per heavy atom. The quantitative estimate of drug-likeness (QED) is 0.756. The van der Waals surface area contributed by atoms with E-state index in [0.717, 1.165) is 25.1 Å². The monoisotopic (exact) mass is 239 g/mol. The summed E-state index contributed by atoms with van der Waals surface area (Å²) in [4.78, 5) is 2.21. The molecule has 0 saturated carbocycles. The molecule has 1 fully saturated rings. The summed E-state index contributed by atoms with van der Waals surface area (Å²) in [6, 6.07) is 12.3. The number of nitriles is 2. The second kappa shape index (κ2) is 4.70. The molecule has 1 aromatic carbocycles. The molecule has 92 valence electrons. The minimum Gasteiger partial charge on any atom is -0.364 e. The minimum absolute atomic E-state index is 0.0120. The highest BCUT2D eigenvalue weighted by atomic mass is 15.2. The van der Waals surface area contributed by atoms with Crippen molar-refractivity contribution in [3.05, 3.63) is 29.8 Å². The summed E-state index contributed by atoms with van der Waals surface area (Å²) in [6.45, 7) is 5.09. The van der Waals surface area contributed by atoms with Crippen molar-refractivity contribution in [3.8, 4) is 12.1 Å². The molecule has 18 heavy (non-hydrogen) atoms. The van der Waals surface area contributed by atoms with E-state index < -0.39 is 0 Å². The summed E-state index contributed by atoms with van der Waals surface area (Å²) in [5.74, 6) is 0.0120. The molecule has 1 aromatic rings. The van der Waals surface area contributed by atoms with Gasteiger partial charge in [-0.15, -0.1) is 0 Å². The van der Waals surface area contributed by atoms with Crippen LogP contribution in [0.5, 0.6) is 0 Å². The number of benzene rings is 1. The predicted octanol–water partition coefficient (Wildman–Crippen LogP) is 3.08. The molecule has 0 spiro atoms. The van der Waals surface area contributed by atoms with Crippen LogP contribution in [-0.4, -0.2) is 12.1 Å². The number of anilines is 1. The first-order chi connectivity index (χ1) is 8.61. The molecule has 1 saturated heterocycles. The highest BCUT2D eigenvalue weighted by Gasteiger charge is 2.39. The first-order valence-corrected chi connectivity index (χ1v) is 6.27. The number of rotatable bonds is 1. The van der Waals surface area contributed by atoms with Gasteiger partial charge in [-0.25, -0.2) is 0 Å². The molecular formula is C15H17N3. The SMILES string of the molecule is CC1(C)C(C#N)CCCN1c1ccccc1C#N. The van der Waals surface area contributed by atoms with E-state index in [1.165, 1.54) is 0 Å². The molecule has 0 N–H and O–H groups in total. The molecule has 0 bridgehead atoms. The van der Waals surface area contributed by atoms with Gasteiger partial charge in [0.15, 0.2) is 0 Å². The average Bonchev–Trinajstić information content (AvgIpc) is 2.38. The van der Waals surface area contributed by atoms with E-state index in [2.05, 4.69) is 30.9 Å². The molecule has 1 unspecified atom stereocenters. The van der Waals surface area contributed by atoms with Gasteiger partial charge in [-0.05, 0) is 38.8 Å². The van der Waals surface area contributed by atoms with Gasteiger partial charge < -0.3 is 4.90 Å². The smallest absolute Gasteiger partial charge is 0.101 e. The van der Waals surface area contributed by atoms with Crippen LogP contribution in [0.2, 0.25) is 0 Å². The molecule has 0 aliphatic carbocycles. The molecule has 0 amide bonds. The third-order valence-electron chi connectivity index (χ3n) is 3.89. The van der Waals surface area contributed by atoms with Crippen LogP contribution >= 0.6 is 0 Å². The van der Waals surface area contributed by atoms with E-state index in [4.69, 9.17) is 0 Å². The van der Waals surface area contributed by atoms with Crippen molar-refractivity contribution in [3.63, 3.8) is 0 Å². The van der Waals surface area contributed by atoms with Crippen LogP contribution in [0, 0.1) is 28.6 Å². The Kier molecular flexibility index (Phi) is 3.26. The van der Waals surface area contributed by atoms with Crippen LogP contribution in [0.4, 0.5) is 5.69 Å². The van der Waals surface area contributed by atoms with E-state index in [9.17, 15) is 10.5 Å². The summed E-state index contributed by atoms with van der Waals surface area (Å²) >= 11 is 0. The fourth-order valence-electron chi connectivity index (χ4n) is 2.74. The minimum atomic E-state index is -0.222. The fraction of sp³-hybridized carbons (Fsp3) is 0.467. The van der Waals surface area contributed by atoms with Crippen LogP contribution in [-0.2, 0) is 0 Å². The summed E-state index contributed by atoms with van der Waals surface area (Å²) < 4.78 is 0. The Hall–Kier alpha value is -2.00. The maximum Gasteiger partial charge on any atom is 0.101 e. The lowest BCUT2D eigenvalue weighted by Gasteiger charge is -2.47. The van der Waals surface area contributed by atoms with Gasteiger partial charge in [0.2, 0.25) is 0 Å². The van der Waals surface area contributed by atoms with E-state index >= 15 is 0 Å². The highest BCUT2D eigenvalue weighted by molar-refractivity contribution is 5.61. The lowest BCUT2D eigenvalue weighted by molar-refractivity contribution is 0.292. The van der Waals surface area contributed by atoms with Gasteiger partial charge >= 0.3 is 0 Å². The van der Waals surface area contributed by atoms with Crippen molar-refractivity contribution in [1.29, 1.82) is 10.5 Å². The third-order valence-corrected chi connectivity index (χ3v) is 3.89. The lowest BCUT2D eigenvalue weighted by Crippen LogP contribution is -2.53. The predicted molar refractivity (Wildman–Crippen MR) is 70.9 cm³/mol. The molecule has 0 radical (unpaired) electrons. The number of hydrogen-bond donors (Lipinski definition) is 0. The highest BCUT2D eigenvalue weighted by Crippen LogP contribution is 2.37. The standard InChI is InChI=1S/C15H17N3/c1-15(2)13(11-17)7-5-9-18(15)14-8-4-3-6-12(14)10-16/h3-4,6,8,13H,5,7,9H2,1-2H3. The Balaban J connectivity index is 2.44. The van der Waals surface area contributed by atoms with E-state index in [0.29, 0.717) is 5.56 Å². The fourth-order valence-corrected chi connectivity index (χ4v) is 2.74. The topological polar surface area (TPSA) is 50.8 Å². The summed E-state index contributed by atoms with van der Waals surface area (Å²) in [7, 11) is 0. The van der Waals surface area contributed by atoms with Crippen molar-refractivity contribution in [2.45, 2.75) is 32.2 Å². The van der Waals surface area contributed by atoms with Crippen molar-refractivity contribution in [2.75, 3.05) is 11.4 Å². The summed E-state index contributed by atoms with van der Waals surface area (Å²) in [6.07, 6.45) is 1.94. The number of nitrogens with zero attached hydrogens (tertiary/aromatic N) is 3. The Morgan fingerprint density at radius 1 is 1.28 bits per heavy atom. The van der Waals surface area contributed by atoms with Crippen molar-refractivity contribution < 1.29 is 0 Å². The molecule has 1 aliphatic heterocycles. The molecule has 3 nitrogen and oxygen atoms in total. The second-order valence-electron chi connectivity index (χ2n) is 5.26. The maximum absolute atomic E-state index is 9.28. The van der Waals surface area contributed by atoms with Gasteiger partial charge in [-0.1, -0.05) is 12.1 Å². The Labute approximate surface area is 108 Å². The average molecular weight is 239 g/mol. The van der Waals surface area contributed by atoms with E-state index in [1.54, 1.807) is 0 Å². The van der Waals surface area contributed by atoms with Crippen molar-refractivity contribution in [1.82, 2.24) is 0 Å².